The van der Waals surface area contributed by atoms with Gasteiger partial charge in [-0.2, -0.15) is 0 Å². The monoisotopic (exact) mass is 320 g/mol. The Labute approximate surface area is 141 Å². The van der Waals surface area contributed by atoms with Gasteiger partial charge in [-0.15, -0.1) is 0 Å². The third-order valence-electron chi connectivity index (χ3n) is 3.90. The Kier molecular flexibility index (Phi) is 4.06. The van der Waals surface area contributed by atoms with Gasteiger partial charge in [0.15, 0.2) is 5.69 Å². The van der Waals surface area contributed by atoms with Crippen LogP contribution < -0.4 is 4.74 Å². The van der Waals surface area contributed by atoms with Gasteiger partial charge in [0.05, 0.1) is 17.2 Å². The zero-order chi connectivity index (χ0) is 17.3. The predicted molar refractivity (Wildman–Crippen MR) is 94.4 cm³/mol. The highest BCUT2D eigenvalue weighted by Crippen LogP contribution is 2.28. The number of rotatable bonds is 2. The van der Waals surface area contributed by atoms with Crippen LogP contribution in [0, 0.1) is 6.92 Å². The zero-order valence-corrected chi connectivity index (χ0v) is 14.3. The number of fused-ring (bicyclic) bond motifs is 1. The molecule has 1 heterocycles. The number of hydrogen-bond donors (Lipinski definition) is 0. The lowest BCUT2D eigenvalue weighted by atomic mass is 9.86. The first-order valence-corrected chi connectivity index (χ1v) is 7.90. The summed E-state index contributed by atoms with van der Waals surface area (Å²) in [6.45, 7) is 8.39. The van der Waals surface area contributed by atoms with E-state index in [0.29, 0.717) is 11.3 Å². The summed E-state index contributed by atoms with van der Waals surface area (Å²) in [6.07, 6.45) is 1.45. The van der Waals surface area contributed by atoms with Gasteiger partial charge in [-0.1, -0.05) is 45.0 Å². The molecule has 3 aromatic rings. The Morgan fingerprint density at radius 3 is 2.42 bits per heavy atom. The van der Waals surface area contributed by atoms with E-state index < -0.39 is 5.97 Å². The van der Waals surface area contributed by atoms with E-state index in [-0.39, 0.29) is 11.1 Å². The largest absolute Gasteiger partial charge is 0.421 e. The van der Waals surface area contributed by atoms with Crippen LogP contribution in [0.5, 0.6) is 5.75 Å². The summed E-state index contributed by atoms with van der Waals surface area (Å²) in [7, 11) is 0. The second kappa shape index (κ2) is 6.04. The molecule has 24 heavy (non-hydrogen) atoms. The molecule has 4 heteroatoms. The van der Waals surface area contributed by atoms with Crippen LogP contribution in [0.3, 0.4) is 0 Å². The van der Waals surface area contributed by atoms with E-state index in [1.54, 1.807) is 0 Å². The Hall–Kier alpha value is -2.75. The van der Waals surface area contributed by atoms with Gasteiger partial charge >= 0.3 is 5.97 Å². The summed E-state index contributed by atoms with van der Waals surface area (Å²) >= 11 is 0. The van der Waals surface area contributed by atoms with Crippen molar-refractivity contribution in [3.8, 4) is 5.75 Å². The Morgan fingerprint density at radius 1 is 1.04 bits per heavy atom. The van der Waals surface area contributed by atoms with Gasteiger partial charge in [0.1, 0.15) is 5.75 Å². The van der Waals surface area contributed by atoms with Gasteiger partial charge in [-0.05, 0) is 41.7 Å². The van der Waals surface area contributed by atoms with Crippen LogP contribution in [0.2, 0.25) is 0 Å². The molecule has 0 spiro atoms. The molecule has 0 amide bonds. The quantitative estimate of drug-likeness (QED) is 0.517. The van der Waals surface area contributed by atoms with Gasteiger partial charge in [0.2, 0.25) is 0 Å². The van der Waals surface area contributed by atoms with Crippen molar-refractivity contribution in [2.45, 2.75) is 33.1 Å². The minimum absolute atomic E-state index is 0.0527. The number of carbonyl (C=O) groups is 1. The van der Waals surface area contributed by atoms with Crippen LogP contribution in [0.1, 0.15) is 42.4 Å². The fourth-order valence-electron chi connectivity index (χ4n) is 2.44. The molecule has 0 bridgehead atoms. The van der Waals surface area contributed by atoms with Crippen molar-refractivity contribution in [3.63, 3.8) is 0 Å². The molecule has 0 aliphatic rings. The van der Waals surface area contributed by atoms with Crippen molar-refractivity contribution >= 4 is 17.0 Å². The van der Waals surface area contributed by atoms with Crippen LogP contribution in [0.15, 0.2) is 48.7 Å². The molecule has 0 saturated heterocycles. The molecule has 0 aliphatic heterocycles. The van der Waals surface area contributed by atoms with Gasteiger partial charge < -0.3 is 4.74 Å². The number of para-hydroxylation sites is 2. The molecule has 122 valence electrons. The number of aryl methyl sites for hydroxylation is 1. The Morgan fingerprint density at radius 2 is 1.75 bits per heavy atom. The lowest BCUT2D eigenvalue weighted by Crippen LogP contribution is -2.14. The third-order valence-corrected chi connectivity index (χ3v) is 3.90. The van der Waals surface area contributed by atoms with E-state index in [2.05, 4.69) is 36.8 Å². The first-order chi connectivity index (χ1) is 11.3. The first kappa shape index (κ1) is 16.1. The first-order valence-electron chi connectivity index (χ1n) is 7.90. The van der Waals surface area contributed by atoms with Gasteiger partial charge in [0.25, 0.3) is 0 Å². The van der Waals surface area contributed by atoms with Crippen molar-refractivity contribution in [1.29, 1.82) is 0 Å². The highest BCUT2D eigenvalue weighted by atomic mass is 16.5. The maximum absolute atomic E-state index is 12.4. The molecular weight excluding hydrogens is 300 g/mol. The summed E-state index contributed by atoms with van der Waals surface area (Å²) < 4.78 is 5.51. The van der Waals surface area contributed by atoms with Crippen molar-refractivity contribution in [1.82, 2.24) is 9.97 Å². The summed E-state index contributed by atoms with van der Waals surface area (Å²) in [5, 5.41) is 0. The van der Waals surface area contributed by atoms with E-state index in [1.807, 2.05) is 43.3 Å². The van der Waals surface area contributed by atoms with Gasteiger partial charge in [0, 0.05) is 0 Å². The zero-order valence-electron chi connectivity index (χ0n) is 14.3. The van der Waals surface area contributed by atoms with Crippen LogP contribution in [0.4, 0.5) is 0 Å². The van der Waals surface area contributed by atoms with E-state index in [1.165, 1.54) is 11.8 Å². The maximum atomic E-state index is 12.4. The number of aromatic nitrogens is 2. The van der Waals surface area contributed by atoms with Crippen LogP contribution in [0.25, 0.3) is 11.0 Å². The Balaban J connectivity index is 1.86. The molecule has 0 N–H and O–H groups in total. The van der Waals surface area contributed by atoms with E-state index in [9.17, 15) is 4.79 Å². The summed E-state index contributed by atoms with van der Waals surface area (Å²) in [5.74, 6) is 0.0443. The molecule has 0 saturated carbocycles. The lowest BCUT2D eigenvalue weighted by Gasteiger charge is -2.20. The van der Waals surface area contributed by atoms with Gasteiger partial charge in [-0.3, -0.25) is 4.98 Å². The molecule has 3 rings (SSSR count). The topological polar surface area (TPSA) is 52.1 Å². The maximum Gasteiger partial charge on any atom is 0.363 e. The number of esters is 1. The van der Waals surface area contributed by atoms with E-state index in [4.69, 9.17) is 4.74 Å². The van der Waals surface area contributed by atoms with Crippen molar-refractivity contribution in [2.75, 3.05) is 0 Å². The second-order valence-corrected chi connectivity index (χ2v) is 6.86. The number of nitrogens with zero attached hydrogens (tertiary/aromatic N) is 2. The van der Waals surface area contributed by atoms with Crippen LogP contribution >= 0.6 is 0 Å². The molecule has 2 aromatic carbocycles. The molecule has 0 unspecified atom stereocenters. The minimum Gasteiger partial charge on any atom is -0.421 e. The average molecular weight is 320 g/mol. The number of ether oxygens (including phenoxy) is 1. The summed E-state index contributed by atoms with van der Waals surface area (Å²) in [5.41, 5.74) is 3.80. The van der Waals surface area contributed by atoms with Crippen LogP contribution in [-0.2, 0) is 5.41 Å². The van der Waals surface area contributed by atoms with Crippen molar-refractivity contribution < 1.29 is 9.53 Å². The Bertz CT molecular complexity index is 911. The van der Waals surface area contributed by atoms with Crippen LogP contribution in [-0.4, -0.2) is 15.9 Å². The van der Waals surface area contributed by atoms with Crippen molar-refractivity contribution in [2.24, 2.45) is 0 Å². The number of carbonyl (C=O) groups excluding carboxylic acids is 1. The third kappa shape index (κ3) is 3.27. The highest BCUT2D eigenvalue weighted by molar-refractivity contribution is 5.91. The van der Waals surface area contributed by atoms with E-state index >= 15 is 0 Å². The average Bonchev–Trinajstić information content (AvgIpc) is 2.55. The smallest absolute Gasteiger partial charge is 0.363 e. The number of hydrogen-bond acceptors (Lipinski definition) is 4. The molecule has 1 aromatic heterocycles. The highest BCUT2D eigenvalue weighted by Gasteiger charge is 2.17. The fraction of sp³-hybridized carbons (Fsp3) is 0.250. The normalized spacial score (nSPS) is 11.5. The molecule has 0 fully saturated rings. The molecule has 0 aliphatic carbocycles. The summed E-state index contributed by atoms with van der Waals surface area (Å²) in [4.78, 5) is 20.9. The lowest BCUT2D eigenvalue weighted by molar-refractivity contribution is 0.0727. The van der Waals surface area contributed by atoms with Gasteiger partial charge in [-0.25, -0.2) is 9.78 Å². The van der Waals surface area contributed by atoms with Crippen molar-refractivity contribution in [3.05, 3.63) is 65.5 Å². The minimum atomic E-state index is -0.500. The summed E-state index contributed by atoms with van der Waals surface area (Å²) in [6, 6.07) is 13.3. The standard InChI is InChI=1S/C20H20N2O2/c1-13-11-14(20(2,3)4)9-10-18(13)24-19(23)17-12-21-15-7-5-6-8-16(15)22-17/h5-12H,1-4H3. The SMILES string of the molecule is Cc1cc(C(C)(C)C)ccc1OC(=O)c1cnc2ccccc2n1. The predicted octanol–water partition coefficient (Wildman–Crippen LogP) is 4.45. The fourth-order valence-corrected chi connectivity index (χ4v) is 2.44. The number of benzene rings is 2. The molecule has 0 atom stereocenters. The molecular formula is C20H20N2O2. The van der Waals surface area contributed by atoms with E-state index in [0.717, 1.165) is 11.1 Å². The molecule has 0 radical (unpaired) electrons. The second-order valence-electron chi connectivity index (χ2n) is 6.86. The molecule has 4 nitrogen and oxygen atoms in total.